The topological polar surface area (TPSA) is 112 Å². The molecule has 1 heterocycles. The number of carboxylic acids is 1. The van der Waals surface area contributed by atoms with Crippen molar-refractivity contribution in [2.75, 3.05) is 32.4 Å². The molecule has 122 valence electrons. The van der Waals surface area contributed by atoms with Crippen molar-refractivity contribution in [2.24, 2.45) is 5.92 Å². The summed E-state index contributed by atoms with van der Waals surface area (Å²) in [5.74, 6) is -1.93. The number of hydrogen-bond acceptors (Lipinski definition) is 5. The van der Waals surface area contributed by atoms with E-state index in [2.05, 4.69) is 0 Å². The van der Waals surface area contributed by atoms with Gasteiger partial charge in [-0.15, -0.1) is 0 Å². The highest BCUT2D eigenvalue weighted by Gasteiger charge is 2.45. The SMILES string of the molecule is CS(=O)(=O)N1CCN(S(=O)(=O)C2CCCC2C(=O)O)CC1. The Hall–Kier alpha value is -0.710. The lowest BCUT2D eigenvalue weighted by Crippen LogP contribution is -2.53. The molecule has 0 aromatic carbocycles. The Balaban J connectivity index is 2.10. The standard InChI is InChI=1S/C11H20N2O6S2/c1-20(16,17)12-5-7-13(8-6-12)21(18,19)10-4-2-3-9(10)11(14)15/h9-10H,2-8H2,1H3,(H,14,15). The number of hydrogen-bond donors (Lipinski definition) is 1. The Morgan fingerprint density at radius 3 is 2.00 bits per heavy atom. The predicted molar refractivity (Wildman–Crippen MR) is 75.7 cm³/mol. The first-order valence-electron chi connectivity index (χ1n) is 6.81. The van der Waals surface area contributed by atoms with Crippen molar-refractivity contribution in [3.8, 4) is 0 Å². The van der Waals surface area contributed by atoms with Crippen molar-refractivity contribution < 1.29 is 26.7 Å². The van der Waals surface area contributed by atoms with Gasteiger partial charge in [-0.05, 0) is 12.8 Å². The number of carbonyl (C=O) groups is 1. The molecule has 0 bridgehead atoms. The van der Waals surface area contributed by atoms with E-state index in [-0.39, 0.29) is 26.2 Å². The van der Waals surface area contributed by atoms with Crippen LogP contribution in [0, 0.1) is 5.92 Å². The van der Waals surface area contributed by atoms with Crippen LogP contribution in [0.2, 0.25) is 0 Å². The van der Waals surface area contributed by atoms with E-state index in [1.54, 1.807) is 0 Å². The summed E-state index contributed by atoms with van der Waals surface area (Å²) in [6.07, 6.45) is 2.41. The van der Waals surface area contributed by atoms with Crippen LogP contribution in [0.5, 0.6) is 0 Å². The van der Waals surface area contributed by atoms with E-state index in [1.807, 2.05) is 0 Å². The molecule has 2 atom stereocenters. The van der Waals surface area contributed by atoms with E-state index >= 15 is 0 Å². The highest BCUT2D eigenvalue weighted by molar-refractivity contribution is 7.89. The van der Waals surface area contributed by atoms with Crippen LogP contribution in [0.15, 0.2) is 0 Å². The summed E-state index contributed by atoms with van der Waals surface area (Å²) < 4.78 is 50.4. The lowest BCUT2D eigenvalue weighted by molar-refractivity contribution is -0.141. The second-order valence-corrected chi connectivity index (χ2v) is 9.65. The van der Waals surface area contributed by atoms with Gasteiger partial charge in [-0.1, -0.05) is 6.42 Å². The normalized spacial score (nSPS) is 29.6. The quantitative estimate of drug-likeness (QED) is 0.713. The molecule has 2 unspecified atom stereocenters. The molecule has 2 rings (SSSR count). The van der Waals surface area contributed by atoms with Gasteiger partial charge in [0.15, 0.2) is 0 Å². The van der Waals surface area contributed by atoms with E-state index in [9.17, 15) is 21.6 Å². The van der Waals surface area contributed by atoms with Gasteiger partial charge in [0.1, 0.15) is 0 Å². The molecule has 1 saturated carbocycles. The zero-order valence-electron chi connectivity index (χ0n) is 11.8. The summed E-state index contributed by atoms with van der Waals surface area (Å²) in [6, 6.07) is 0. The second-order valence-electron chi connectivity index (χ2n) is 5.52. The lowest BCUT2D eigenvalue weighted by atomic mass is 10.1. The first-order valence-corrected chi connectivity index (χ1v) is 10.2. The minimum atomic E-state index is -3.69. The number of piperazine rings is 1. The van der Waals surface area contributed by atoms with Crippen molar-refractivity contribution in [2.45, 2.75) is 24.5 Å². The Labute approximate surface area is 124 Å². The minimum absolute atomic E-state index is 0.0816. The summed E-state index contributed by atoms with van der Waals surface area (Å²) in [6.45, 7) is 0.390. The van der Waals surface area contributed by atoms with Gasteiger partial charge in [-0.3, -0.25) is 4.79 Å². The molecule has 0 aromatic heterocycles. The third-order valence-corrected chi connectivity index (χ3v) is 7.90. The van der Waals surface area contributed by atoms with Gasteiger partial charge < -0.3 is 5.11 Å². The second kappa shape index (κ2) is 5.82. The maximum atomic E-state index is 12.6. The highest BCUT2D eigenvalue weighted by Crippen LogP contribution is 2.33. The highest BCUT2D eigenvalue weighted by atomic mass is 32.2. The van der Waals surface area contributed by atoms with E-state index in [1.165, 1.54) is 8.61 Å². The number of carboxylic acid groups (broad SMARTS) is 1. The lowest BCUT2D eigenvalue weighted by Gasteiger charge is -2.34. The molecular formula is C11H20N2O6S2. The molecule has 21 heavy (non-hydrogen) atoms. The Kier molecular flexibility index (Phi) is 4.62. The number of nitrogens with zero attached hydrogens (tertiary/aromatic N) is 2. The third kappa shape index (κ3) is 3.38. The average molecular weight is 340 g/mol. The number of sulfonamides is 2. The molecule has 1 aliphatic heterocycles. The molecule has 8 nitrogen and oxygen atoms in total. The fourth-order valence-corrected chi connectivity index (χ4v) is 6.03. The van der Waals surface area contributed by atoms with Crippen LogP contribution in [0.25, 0.3) is 0 Å². The average Bonchev–Trinajstić information content (AvgIpc) is 2.88. The van der Waals surface area contributed by atoms with Crippen molar-refractivity contribution in [3.63, 3.8) is 0 Å². The maximum absolute atomic E-state index is 12.6. The summed E-state index contributed by atoms with van der Waals surface area (Å²) in [5, 5.41) is 8.23. The molecule has 0 aromatic rings. The summed E-state index contributed by atoms with van der Waals surface area (Å²) in [5.41, 5.74) is 0. The smallest absolute Gasteiger partial charge is 0.307 e. The van der Waals surface area contributed by atoms with Gasteiger partial charge in [0, 0.05) is 26.2 Å². The van der Waals surface area contributed by atoms with Crippen LogP contribution >= 0.6 is 0 Å². The number of rotatable bonds is 4. The minimum Gasteiger partial charge on any atom is -0.481 e. The van der Waals surface area contributed by atoms with E-state index in [0.29, 0.717) is 19.3 Å². The maximum Gasteiger partial charge on any atom is 0.307 e. The summed E-state index contributed by atoms with van der Waals surface area (Å²) >= 11 is 0. The van der Waals surface area contributed by atoms with Crippen molar-refractivity contribution in [1.82, 2.24) is 8.61 Å². The molecule has 1 N–H and O–H groups in total. The molecule has 0 radical (unpaired) electrons. The van der Waals surface area contributed by atoms with Crippen LogP contribution in [-0.4, -0.2) is 74.2 Å². The van der Waals surface area contributed by atoms with Gasteiger partial charge in [-0.25, -0.2) is 16.8 Å². The fraction of sp³-hybridized carbons (Fsp3) is 0.909. The monoisotopic (exact) mass is 340 g/mol. The van der Waals surface area contributed by atoms with Crippen LogP contribution in [-0.2, 0) is 24.8 Å². The van der Waals surface area contributed by atoms with E-state index in [0.717, 1.165) is 6.26 Å². The molecule has 0 amide bonds. The van der Waals surface area contributed by atoms with Gasteiger partial charge >= 0.3 is 5.97 Å². The zero-order valence-corrected chi connectivity index (χ0v) is 13.4. The molecule has 2 aliphatic rings. The van der Waals surface area contributed by atoms with Gasteiger partial charge in [0.05, 0.1) is 17.4 Å². The Morgan fingerprint density at radius 1 is 1.00 bits per heavy atom. The van der Waals surface area contributed by atoms with Crippen LogP contribution in [0.3, 0.4) is 0 Å². The van der Waals surface area contributed by atoms with E-state index < -0.39 is 37.2 Å². The van der Waals surface area contributed by atoms with Crippen molar-refractivity contribution in [1.29, 1.82) is 0 Å². The Bertz CT molecular complexity index is 607. The fourth-order valence-electron chi connectivity index (χ4n) is 3.01. The third-order valence-electron chi connectivity index (χ3n) is 4.18. The van der Waals surface area contributed by atoms with Crippen molar-refractivity contribution >= 4 is 26.0 Å². The largest absolute Gasteiger partial charge is 0.481 e. The summed E-state index contributed by atoms with van der Waals surface area (Å²) in [7, 11) is -7.01. The van der Waals surface area contributed by atoms with Crippen LogP contribution < -0.4 is 0 Å². The predicted octanol–water partition coefficient (Wildman–Crippen LogP) is -0.853. The zero-order chi connectivity index (χ0) is 15.8. The molecular weight excluding hydrogens is 320 g/mol. The van der Waals surface area contributed by atoms with Crippen LogP contribution in [0.4, 0.5) is 0 Å². The van der Waals surface area contributed by atoms with Gasteiger partial charge in [0.2, 0.25) is 20.0 Å². The molecule has 1 saturated heterocycles. The number of aliphatic carboxylic acids is 1. The summed E-state index contributed by atoms with van der Waals surface area (Å²) in [4.78, 5) is 11.2. The van der Waals surface area contributed by atoms with E-state index in [4.69, 9.17) is 5.11 Å². The van der Waals surface area contributed by atoms with Gasteiger partial charge in [0.25, 0.3) is 0 Å². The molecule has 2 fully saturated rings. The van der Waals surface area contributed by atoms with Crippen molar-refractivity contribution in [3.05, 3.63) is 0 Å². The first-order chi connectivity index (χ1) is 9.64. The Morgan fingerprint density at radius 2 is 1.52 bits per heavy atom. The first kappa shape index (κ1) is 16.7. The van der Waals surface area contributed by atoms with Crippen LogP contribution in [0.1, 0.15) is 19.3 Å². The molecule has 10 heteroatoms. The molecule has 1 aliphatic carbocycles. The molecule has 0 spiro atoms. The van der Waals surface area contributed by atoms with Gasteiger partial charge in [-0.2, -0.15) is 8.61 Å².